The molecule has 6 heteroatoms. The Hall–Kier alpha value is -1.56. The summed E-state index contributed by atoms with van der Waals surface area (Å²) in [4.78, 5) is 24.4. The molecule has 106 valence electrons. The third-order valence-corrected chi connectivity index (χ3v) is 3.69. The Bertz CT molecular complexity index is 420. The minimum absolute atomic E-state index is 0.0475. The number of hydrogen-bond acceptors (Lipinski definition) is 3. The van der Waals surface area contributed by atoms with Crippen LogP contribution >= 0.6 is 11.3 Å². The summed E-state index contributed by atoms with van der Waals surface area (Å²) in [7, 11) is 0. The quantitative estimate of drug-likeness (QED) is 0.844. The SMILES string of the molecule is CCN(C(=O)NC(C)c1ccsc1)C(C)CC(=O)O. The van der Waals surface area contributed by atoms with Crippen molar-refractivity contribution in [3.63, 3.8) is 0 Å². The van der Waals surface area contributed by atoms with Gasteiger partial charge in [0.25, 0.3) is 0 Å². The number of aliphatic carboxylic acids is 1. The summed E-state index contributed by atoms with van der Waals surface area (Å²) in [6, 6.07) is 1.34. The van der Waals surface area contributed by atoms with Gasteiger partial charge in [0.15, 0.2) is 0 Å². The zero-order valence-corrected chi connectivity index (χ0v) is 12.2. The summed E-state index contributed by atoms with van der Waals surface area (Å²) in [5.74, 6) is -0.898. The van der Waals surface area contributed by atoms with E-state index < -0.39 is 5.97 Å². The van der Waals surface area contributed by atoms with Gasteiger partial charge in [0.1, 0.15) is 0 Å². The molecular formula is C13H20N2O3S. The maximum Gasteiger partial charge on any atom is 0.318 e. The van der Waals surface area contributed by atoms with Crippen LogP contribution in [0, 0.1) is 0 Å². The van der Waals surface area contributed by atoms with Crippen LogP contribution < -0.4 is 5.32 Å². The first-order valence-corrected chi connectivity index (χ1v) is 7.21. The van der Waals surface area contributed by atoms with Gasteiger partial charge in [-0.05, 0) is 43.2 Å². The molecule has 0 radical (unpaired) electrons. The highest BCUT2D eigenvalue weighted by Gasteiger charge is 2.22. The van der Waals surface area contributed by atoms with Crippen molar-refractivity contribution >= 4 is 23.3 Å². The topological polar surface area (TPSA) is 69.6 Å². The second kappa shape index (κ2) is 7.13. The number of carbonyl (C=O) groups is 2. The lowest BCUT2D eigenvalue weighted by molar-refractivity contribution is -0.138. The number of carboxylic acids is 1. The van der Waals surface area contributed by atoms with Gasteiger partial charge in [-0.2, -0.15) is 11.3 Å². The van der Waals surface area contributed by atoms with Crippen molar-refractivity contribution in [2.45, 2.75) is 39.3 Å². The van der Waals surface area contributed by atoms with E-state index in [9.17, 15) is 9.59 Å². The molecule has 2 unspecified atom stereocenters. The summed E-state index contributed by atoms with van der Waals surface area (Å²) >= 11 is 1.58. The van der Waals surface area contributed by atoms with Crippen molar-refractivity contribution in [3.05, 3.63) is 22.4 Å². The summed E-state index contributed by atoms with van der Waals surface area (Å²) in [5.41, 5.74) is 1.06. The Morgan fingerprint density at radius 1 is 1.47 bits per heavy atom. The molecule has 1 heterocycles. The van der Waals surface area contributed by atoms with Crippen LogP contribution in [0.5, 0.6) is 0 Å². The van der Waals surface area contributed by atoms with E-state index in [0.717, 1.165) is 5.56 Å². The second-order valence-corrected chi connectivity index (χ2v) is 5.24. The molecule has 0 saturated heterocycles. The van der Waals surface area contributed by atoms with Crippen LogP contribution in [0.1, 0.15) is 38.8 Å². The third-order valence-electron chi connectivity index (χ3n) is 2.99. The molecule has 0 aliphatic rings. The molecule has 1 rings (SSSR count). The molecule has 0 aromatic carbocycles. The van der Waals surface area contributed by atoms with Crippen molar-refractivity contribution in [1.29, 1.82) is 0 Å². The van der Waals surface area contributed by atoms with Crippen LogP contribution in [0.3, 0.4) is 0 Å². The van der Waals surface area contributed by atoms with Crippen LogP contribution in [0.2, 0.25) is 0 Å². The van der Waals surface area contributed by atoms with Gasteiger partial charge in [-0.3, -0.25) is 4.79 Å². The van der Waals surface area contributed by atoms with Crippen molar-refractivity contribution < 1.29 is 14.7 Å². The van der Waals surface area contributed by atoms with Crippen LogP contribution in [-0.2, 0) is 4.79 Å². The van der Waals surface area contributed by atoms with E-state index in [1.54, 1.807) is 18.3 Å². The molecule has 19 heavy (non-hydrogen) atoms. The standard InChI is InChI=1S/C13H20N2O3S/c1-4-15(9(2)7-12(16)17)13(18)14-10(3)11-5-6-19-8-11/h5-6,8-10H,4,7H2,1-3H3,(H,14,18)(H,16,17). The molecule has 2 N–H and O–H groups in total. The van der Waals surface area contributed by atoms with E-state index >= 15 is 0 Å². The first-order chi connectivity index (χ1) is 8.95. The monoisotopic (exact) mass is 284 g/mol. The first-order valence-electron chi connectivity index (χ1n) is 6.26. The van der Waals surface area contributed by atoms with Gasteiger partial charge in [0.05, 0.1) is 12.5 Å². The Labute approximate surface area is 117 Å². The number of carboxylic acid groups (broad SMARTS) is 1. The number of urea groups is 1. The lowest BCUT2D eigenvalue weighted by Gasteiger charge is -2.28. The summed E-state index contributed by atoms with van der Waals surface area (Å²) in [5, 5.41) is 15.6. The van der Waals surface area contributed by atoms with Crippen LogP contribution in [0.15, 0.2) is 16.8 Å². The van der Waals surface area contributed by atoms with Gasteiger partial charge < -0.3 is 15.3 Å². The number of amides is 2. The lowest BCUT2D eigenvalue weighted by Crippen LogP contribution is -2.46. The fourth-order valence-corrected chi connectivity index (χ4v) is 2.65. The fraction of sp³-hybridized carbons (Fsp3) is 0.538. The molecule has 5 nitrogen and oxygen atoms in total. The highest BCUT2D eigenvalue weighted by molar-refractivity contribution is 7.07. The normalized spacial score (nSPS) is 13.6. The summed E-state index contributed by atoms with van der Waals surface area (Å²) in [6.07, 6.45) is -0.0475. The second-order valence-electron chi connectivity index (χ2n) is 4.46. The Balaban J connectivity index is 2.61. The van der Waals surface area contributed by atoms with E-state index in [-0.39, 0.29) is 24.5 Å². The molecule has 0 aliphatic carbocycles. The molecule has 0 aliphatic heterocycles. The smallest absolute Gasteiger partial charge is 0.318 e. The van der Waals surface area contributed by atoms with Crippen LogP contribution in [0.25, 0.3) is 0 Å². The molecule has 2 atom stereocenters. The van der Waals surface area contributed by atoms with Crippen molar-refractivity contribution in [2.75, 3.05) is 6.54 Å². The number of thiophene rings is 1. The summed E-state index contributed by atoms with van der Waals surface area (Å²) in [6.45, 7) is 5.98. The fourth-order valence-electron chi connectivity index (χ4n) is 1.89. The van der Waals surface area contributed by atoms with Crippen molar-refractivity contribution in [2.24, 2.45) is 0 Å². The lowest BCUT2D eigenvalue weighted by atomic mass is 10.2. The number of nitrogens with one attached hydrogen (secondary N) is 1. The molecular weight excluding hydrogens is 264 g/mol. The molecule has 0 spiro atoms. The Morgan fingerprint density at radius 2 is 2.16 bits per heavy atom. The van der Waals surface area contributed by atoms with Crippen LogP contribution in [-0.4, -0.2) is 34.6 Å². The molecule has 2 amide bonds. The Kier molecular flexibility index (Phi) is 5.82. The summed E-state index contributed by atoms with van der Waals surface area (Å²) < 4.78 is 0. The van der Waals surface area contributed by atoms with Gasteiger partial charge in [-0.1, -0.05) is 0 Å². The van der Waals surface area contributed by atoms with Gasteiger partial charge in [-0.25, -0.2) is 4.79 Å². The number of hydrogen-bond donors (Lipinski definition) is 2. The maximum atomic E-state index is 12.1. The van der Waals surface area contributed by atoms with Gasteiger partial charge in [-0.15, -0.1) is 0 Å². The number of rotatable bonds is 6. The van der Waals surface area contributed by atoms with Gasteiger partial charge >= 0.3 is 12.0 Å². The average molecular weight is 284 g/mol. The van der Waals surface area contributed by atoms with E-state index in [1.807, 2.05) is 30.7 Å². The van der Waals surface area contributed by atoms with Crippen LogP contribution in [0.4, 0.5) is 4.79 Å². The van der Waals surface area contributed by atoms with E-state index in [4.69, 9.17) is 5.11 Å². The van der Waals surface area contributed by atoms with E-state index in [0.29, 0.717) is 6.54 Å². The predicted molar refractivity (Wildman–Crippen MR) is 75.4 cm³/mol. The third kappa shape index (κ3) is 4.55. The first kappa shape index (κ1) is 15.5. The molecule has 0 saturated carbocycles. The predicted octanol–water partition coefficient (Wildman–Crippen LogP) is 2.70. The zero-order chi connectivity index (χ0) is 14.4. The van der Waals surface area contributed by atoms with E-state index in [2.05, 4.69) is 5.32 Å². The number of carbonyl (C=O) groups excluding carboxylic acids is 1. The van der Waals surface area contributed by atoms with Gasteiger partial charge in [0, 0.05) is 12.6 Å². The molecule has 0 fully saturated rings. The number of nitrogens with zero attached hydrogens (tertiary/aromatic N) is 1. The minimum atomic E-state index is -0.898. The highest BCUT2D eigenvalue weighted by atomic mass is 32.1. The van der Waals surface area contributed by atoms with Crippen molar-refractivity contribution in [3.8, 4) is 0 Å². The highest BCUT2D eigenvalue weighted by Crippen LogP contribution is 2.16. The van der Waals surface area contributed by atoms with Crippen molar-refractivity contribution in [1.82, 2.24) is 10.2 Å². The molecule has 0 bridgehead atoms. The Morgan fingerprint density at radius 3 is 2.63 bits per heavy atom. The maximum absolute atomic E-state index is 12.1. The molecule has 1 aromatic heterocycles. The zero-order valence-electron chi connectivity index (χ0n) is 11.4. The minimum Gasteiger partial charge on any atom is -0.481 e. The average Bonchev–Trinajstić information content (AvgIpc) is 2.81. The molecule has 1 aromatic rings. The van der Waals surface area contributed by atoms with E-state index in [1.165, 1.54) is 4.90 Å². The van der Waals surface area contributed by atoms with Gasteiger partial charge in [0.2, 0.25) is 0 Å². The largest absolute Gasteiger partial charge is 0.481 e.